The molecule has 9 heteroatoms. The van der Waals surface area contributed by atoms with Crippen LogP contribution >= 0.6 is 11.6 Å². The highest BCUT2D eigenvalue weighted by Gasteiger charge is 2.37. The van der Waals surface area contributed by atoms with Crippen LogP contribution in [0.1, 0.15) is 37.0 Å². The Bertz CT molecular complexity index is 1160. The van der Waals surface area contributed by atoms with Gasteiger partial charge in [0.1, 0.15) is 11.6 Å². The maximum Gasteiger partial charge on any atom is 0.277 e. The summed E-state index contributed by atoms with van der Waals surface area (Å²) in [6.45, 7) is 1.55. The van der Waals surface area contributed by atoms with Crippen LogP contribution in [0.2, 0.25) is 5.02 Å². The molecule has 0 radical (unpaired) electrons. The van der Waals surface area contributed by atoms with Gasteiger partial charge < -0.3 is 9.73 Å². The van der Waals surface area contributed by atoms with E-state index in [1.807, 2.05) is 0 Å². The van der Waals surface area contributed by atoms with Crippen LogP contribution in [0.5, 0.6) is 0 Å². The quantitative estimate of drug-likeness (QED) is 0.676. The third-order valence-electron chi connectivity index (χ3n) is 4.27. The summed E-state index contributed by atoms with van der Waals surface area (Å²) in [5, 5.41) is 2.69. The molecule has 7 nitrogen and oxygen atoms in total. The van der Waals surface area contributed by atoms with Gasteiger partial charge in [-0.1, -0.05) is 11.6 Å². The second-order valence-electron chi connectivity index (χ2n) is 6.01. The molecular formula is C19H11ClFN3O4. The van der Waals surface area contributed by atoms with E-state index in [1.165, 1.54) is 30.3 Å². The maximum atomic E-state index is 14.5. The second-order valence-corrected chi connectivity index (χ2v) is 6.45. The zero-order valence-corrected chi connectivity index (χ0v) is 15.1. The fourth-order valence-corrected chi connectivity index (χ4v) is 3.07. The largest absolute Gasteiger partial charge is 0.448 e. The summed E-state index contributed by atoms with van der Waals surface area (Å²) in [6, 6.07) is 7.95. The number of rotatable bonds is 3. The number of carbonyl (C=O) groups is 3. The van der Waals surface area contributed by atoms with Crippen LogP contribution in [0.4, 0.5) is 15.8 Å². The lowest BCUT2D eigenvalue weighted by Crippen LogP contribution is -2.29. The number of carbonyl (C=O) groups excluding carboxylic acids is 3. The van der Waals surface area contributed by atoms with Gasteiger partial charge in [-0.2, -0.15) is 0 Å². The van der Waals surface area contributed by atoms with Crippen molar-refractivity contribution in [3.05, 3.63) is 76.2 Å². The van der Waals surface area contributed by atoms with Gasteiger partial charge in [-0.3, -0.25) is 14.4 Å². The Balaban J connectivity index is 1.62. The molecule has 0 atom stereocenters. The molecule has 0 fully saturated rings. The van der Waals surface area contributed by atoms with Crippen LogP contribution in [-0.4, -0.2) is 22.7 Å². The van der Waals surface area contributed by atoms with Crippen molar-refractivity contribution in [2.45, 2.75) is 6.92 Å². The number of aryl methyl sites for hydroxylation is 1. The Kier molecular flexibility index (Phi) is 4.20. The first kappa shape index (κ1) is 17.9. The molecule has 0 unspecified atom stereocenters. The number of benzene rings is 2. The van der Waals surface area contributed by atoms with E-state index in [-0.39, 0.29) is 28.2 Å². The SMILES string of the molecule is Cc1ocnc1C(=O)Nc1ccc(N2C(=O)c3ccc(Cl)cc3C2=O)cc1F. The van der Waals surface area contributed by atoms with Crippen LogP contribution in [0.15, 0.2) is 47.2 Å². The highest BCUT2D eigenvalue weighted by Crippen LogP contribution is 2.32. The molecular weight excluding hydrogens is 389 g/mol. The summed E-state index contributed by atoms with van der Waals surface area (Å²) in [5.41, 5.74) is 0.275. The third-order valence-corrected chi connectivity index (χ3v) is 4.50. The Morgan fingerprint density at radius 2 is 1.89 bits per heavy atom. The van der Waals surface area contributed by atoms with E-state index < -0.39 is 23.5 Å². The third kappa shape index (κ3) is 2.84. The minimum Gasteiger partial charge on any atom is -0.448 e. The van der Waals surface area contributed by atoms with Gasteiger partial charge in [0.15, 0.2) is 12.1 Å². The van der Waals surface area contributed by atoms with Gasteiger partial charge in [-0.05, 0) is 37.3 Å². The minimum absolute atomic E-state index is 0.0284. The van der Waals surface area contributed by atoms with Crippen molar-refractivity contribution in [1.29, 1.82) is 0 Å². The van der Waals surface area contributed by atoms with Gasteiger partial charge in [0.05, 0.1) is 22.5 Å². The van der Waals surface area contributed by atoms with Crippen LogP contribution < -0.4 is 10.2 Å². The van der Waals surface area contributed by atoms with E-state index in [0.29, 0.717) is 10.8 Å². The number of anilines is 2. The van der Waals surface area contributed by atoms with Gasteiger partial charge in [-0.15, -0.1) is 0 Å². The first-order valence-electron chi connectivity index (χ1n) is 8.06. The molecule has 28 heavy (non-hydrogen) atoms. The lowest BCUT2D eigenvalue weighted by atomic mass is 10.1. The predicted octanol–water partition coefficient (Wildman–Crippen LogP) is 3.83. The van der Waals surface area contributed by atoms with Crippen molar-refractivity contribution >= 4 is 40.7 Å². The summed E-state index contributed by atoms with van der Waals surface area (Å²) in [7, 11) is 0. The number of halogens is 2. The van der Waals surface area contributed by atoms with E-state index in [1.54, 1.807) is 6.92 Å². The van der Waals surface area contributed by atoms with Crippen molar-refractivity contribution in [2.75, 3.05) is 10.2 Å². The van der Waals surface area contributed by atoms with Gasteiger partial charge in [0.25, 0.3) is 17.7 Å². The molecule has 140 valence electrons. The average Bonchev–Trinajstić information content (AvgIpc) is 3.19. The van der Waals surface area contributed by atoms with E-state index in [0.717, 1.165) is 17.4 Å². The van der Waals surface area contributed by atoms with Crippen LogP contribution in [0, 0.1) is 12.7 Å². The van der Waals surface area contributed by atoms with Crippen LogP contribution in [0.25, 0.3) is 0 Å². The fraction of sp³-hybridized carbons (Fsp3) is 0.0526. The Hall–Kier alpha value is -3.52. The molecule has 0 spiro atoms. The number of hydrogen-bond donors (Lipinski definition) is 1. The van der Waals surface area contributed by atoms with Crippen LogP contribution in [-0.2, 0) is 0 Å². The Morgan fingerprint density at radius 3 is 2.57 bits per heavy atom. The standard InChI is InChI=1S/C19H11ClFN3O4/c1-9-16(22-8-28-9)17(25)23-15-5-3-11(7-14(15)21)24-18(26)12-4-2-10(20)6-13(12)19(24)27/h2-8H,1H3,(H,23,25). The molecule has 3 aromatic rings. The monoisotopic (exact) mass is 399 g/mol. The number of amides is 3. The molecule has 0 saturated heterocycles. The second kappa shape index (κ2) is 6.58. The number of oxazole rings is 1. The van der Waals surface area contributed by atoms with E-state index in [2.05, 4.69) is 10.3 Å². The molecule has 0 saturated carbocycles. The number of hydrogen-bond acceptors (Lipinski definition) is 5. The first-order valence-corrected chi connectivity index (χ1v) is 8.44. The van der Waals surface area contributed by atoms with Gasteiger partial charge in [0.2, 0.25) is 0 Å². The minimum atomic E-state index is -0.818. The summed E-state index contributed by atoms with van der Waals surface area (Å²) >= 11 is 5.88. The van der Waals surface area contributed by atoms with Crippen molar-refractivity contribution in [1.82, 2.24) is 4.98 Å². The van der Waals surface area contributed by atoms with Crippen LogP contribution in [0.3, 0.4) is 0 Å². The lowest BCUT2D eigenvalue weighted by molar-refractivity contribution is 0.0924. The highest BCUT2D eigenvalue weighted by atomic mass is 35.5. The molecule has 2 aromatic carbocycles. The van der Waals surface area contributed by atoms with E-state index >= 15 is 0 Å². The zero-order chi connectivity index (χ0) is 20.0. The molecule has 0 bridgehead atoms. The van der Waals surface area contributed by atoms with Crippen molar-refractivity contribution in [2.24, 2.45) is 0 Å². The van der Waals surface area contributed by atoms with Gasteiger partial charge >= 0.3 is 0 Å². The number of fused-ring (bicyclic) bond motifs is 1. The molecule has 2 heterocycles. The van der Waals surface area contributed by atoms with E-state index in [9.17, 15) is 18.8 Å². The maximum absolute atomic E-state index is 14.5. The van der Waals surface area contributed by atoms with Crippen molar-refractivity contribution in [3.63, 3.8) is 0 Å². The highest BCUT2D eigenvalue weighted by molar-refractivity contribution is 6.36. The summed E-state index contributed by atoms with van der Waals surface area (Å²) in [4.78, 5) is 41.9. The Labute approximate surface area is 162 Å². The number of nitrogens with one attached hydrogen (secondary N) is 1. The smallest absolute Gasteiger partial charge is 0.277 e. The molecule has 3 amide bonds. The molecule has 1 aliphatic rings. The normalized spacial score (nSPS) is 13.0. The molecule has 4 rings (SSSR count). The van der Waals surface area contributed by atoms with Crippen molar-refractivity contribution < 1.29 is 23.2 Å². The lowest BCUT2D eigenvalue weighted by Gasteiger charge is -2.15. The number of imide groups is 1. The number of aromatic nitrogens is 1. The first-order chi connectivity index (χ1) is 13.4. The van der Waals surface area contributed by atoms with Crippen molar-refractivity contribution in [3.8, 4) is 0 Å². The topological polar surface area (TPSA) is 92.5 Å². The summed E-state index contributed by atoms with van der Waals surface area (Å²) in [6.07, 6.45) is 1.11. The molecule has 1 aromatic heterocycles. The molecule has 1 N–H and O–H groups in total. The zero-order valence-electron chi connectivity index (χ0n) is 14.3. The van der Waals surface area contributed by atoms with Gasteiger partial charge in [-0.25, -0.2) is 14.3 Å². The summed E-state index contributed by atoms with van der Waals surface area (Å²) < 4.78 is 19.5. The number of nitrogens with zero attached hydrogens (tertiary/aromatic N) is 2. The Morgan fingerprint density at radius 1 is 1.14 bits per heavy atom. The fourth-order valence-electron chi connectivity index (χ4n) is 2.90. The molecule has 1 aliphatic heterocycles. The summed E-state index contributed by atoms with van der Waals surface area (Å²) in [5.74, 6) is -2.35. The predicted molar refractivity (Wildman–Crippen MR) is 98.2 cm³/mol. The average molecular weight is 400 g/mol. The van der Waals surface area contributed by atoms with Gasteiger partial charge in [0, 0.05) is 11.1 Å². The van der Waals surface area contributed by atoms with E-state index in [4.69, 9.17) is 16.0 Å². The molecule has 0 aliphatic carbocycles.